The van der Waals surface area contributed by atoms with Crippen LogP contribution in [-0.2, 0) is 15.0 Å². The maximum absolute atomic E-state index is 12.8. The van der Waals surface area contributed by atoms with Gasteiger partial charge in [-0.25, -0.2) is 0 Å². The van der Waals surface area contributed by atoms with E-state index in [1.165, 1.54) is 6.92 Å². The molecule has 4 N–H and O–H groups in total. The Labute approximate surface area is 142 Å². The van der Waals surface area contributed by atoms with Crippen LogP contribution in [0.2, 0.25) is 0 Å². The molecule has 0 unspecified atom stereocenters. The van der Waals surface area contributed by atoms with Gasteiger partial charge in [-0.05, 0) is 56.2 Å². The zero-order valence-corrected chi connectivity index (χ0v) is 14.4. The third-order valence-electron chi connectivity index (χ3n) is 4.01. The van der Waals surface area contributed by atoms with Gasteiger partial charge in [-0.1, -0.05) is 18.2 Å². The van der Waals surface area contributed by atoms with Crippen LogP contribution in [0.25, 0.3) is 0 Å². The highest BCUT2D eigenvalue weighted by Crippen LogP contribution is 2.28. The van der Waals surface area contributed by atoms with Crippen LogP contribution >= 0.6 is 0 Å². The maximum Gasteiger partial charge on any atom is 0.234 e. The molecule has 0 fully saturated rings. The highest BCUT2D eigenvalue weighted by molar-refractivity contribution is 6.00. The minimum atomic E-state index is -0.718. The highest BCUT2D eigenvalue weighted by Gasteiger charge is 2.30. The summed E-state index contributed by atoms with van der Waals surface area (Å²) in [5.74, 6) is -0.284. The van der Waals surface area contributed by atoms with Crippen molar-refractivity contribution >= 4 is 28.9 Å². The summed E-state index contributed by atoms with van der Waals surface area (Å²) in [4.78, 5) is 24.0. The molecule has 2 aromatic carbocycles. The van der Waals surface area contributed by atoms with Crippen LogP contribution in [0.5, 0.6) is 0 Å². The number of anilines is 3. The average Bonchev–Trinajstić information content (AvgIpc) is 2.50. The molecular weight excluding hydrogens is 302 g/mol. The molecule has 0 heterocycles. The molecule has 5 nitrogen and oxygen atoms in total. The second-order valence-corrected chi connectivity index (χ2v) is 6.41. The van der Waals surface area contributed by atoms with E-state index in [9.17, 15) is 9.59 Å². The SMILES string of the molecule is CC(=O)Nc1ccc(C)c(NC(=O)C(C)(C)c2ccc(N)cc2)c1. The van der Waals surface area contributed by atoms with Crippen molar-refractivity contribution in [2.45, 2.75) is 33.1 Å². The first-order valence-electron chi connectivity index (χ1n) is 7.76. The van der Waals surface area contributed by atoms with E-state index in [-0.39, 0.29) is 11.8 Å². The number of hydrogen-bond donors (Lipinski definition) is 3. The Morgan fingerprint density at radius 2 is 1.62 bits per heavy atom. The van der Waals surface area contributed by atoms with Gasteiger partial charge in [0.15, 0.2) is 0 Å². The molecule has 0 radical (unpaired) electrons. The summed E-state index contributed by atoms with van der Waals surface area (Å²) in [5, 5.41) is 5.67. The maximum atomic E-state index is 12.8. The van der Waals surface area contributed by atoms with Crippen molar-refractivity contribution in [2.24, 2.45) is 0 Å². The van der Waals surface area contributed by atoms with Gasteiger partial charge in [-0.3, -0.25) is 9.59 Å². The molecule has 2 rings (SSSR count). The van der Waals surface area contributed by atoms with Crippen molar-refractivity contribution < 1.29 is 9.59 Å². The number of nitrogens with one attached hydrogen (secondary N) is 2. The summed E-state index contributed by atoms with van der Waals surface area (Å²) < 4.78 is 0. The molecular formula is C19H23N3O2. The van der Waals surface area contributed by atoms with Gasteiger partial charge in [0.25, 0.3) is 0 Å². The van der Waals surface area contributed by atoms with E-state index in [4.69, 9.17) is 5.73 Å². The lowest BCUT2D eigenvalue weighted by Crippen LogP contribution is -2.35. The Kier molecular flexibility index (Phi) is 4.93. The molecule has 0 saturated heterocycles. The van der Waals surface area contributed by atoms with Gasteiger partial charge in [0.05, 0.1) is 5.41 Å². The van der Waals surface area contributed by atoms with Gasteiger partial charge >= 0.3 is 0 Å². The van der Waals surface area contributed by atoms with Crippen LogP contribution in [0.4, 0.5) is 17.1 Å². The number of rotatable bonds is 4. The standard InChI is InChI=1S/C19H23N3O2/c1-12-5-10-16(21-13(2)23)11-17(12)22-18(24)19(3,4)14-6-8-15(20)9-7-14/h5-11H,20H2,1-4H3,(H,21,23)(H,22,24). The minimum absolute atomic E-state index is 0.129. The zero-order valence-electron chi connectivity index (χ0n) is 14.4. The lowest BCUT2D eigenvalue weighted by molar-refractivity contribution is -0.120. The summed E-state index contributed by atoms with van der Waals surface area (Å²) >= 11 is 0. The molecule has 0 saturated carbocycles. The predicted octanol–water partition coefficient (Wildman–Crippen LogP) is 3.45. The van der Waals surface area contributed by atoms with Gasteiger partial charge in [-0.2, -0.15) is 0 Å². The Balaban J connectivity index is 2.24. The Morgan fingerprint density at radius 1 is 1.00 bits per heavy atom. The van der Waals surface area contributed by atoms with Crippen molar-refractivity contribution in [3.63, 3.8) is 0 Å². The monoisotopic (exact) mass is 325 g/mol. The van der Waals surface area contributed by atoms with Gasteiger partial charge in [0, 0.05) is 24.0 Å². The number of nitrogen functional groups attached to an aromatic ring is 1. The molecule has 0 aliphatic carbocycles. The average molecular weight is 325 g/mol. The Bertz CT molecular complexity index is 765. The predicted molar refractivity (Wildman–Crippen MR) is 98.0 cm³/mol. The summed E-state index contributed by atoms with van der Waals surface area (Å²) in [6.45, 7) is 7.08. The van der Waals surface area contributed by atoms with Crippen molar-refractivity contribution in [1.29, 1.82) is 0 Å². The summed E-state index contributed by atoms with van der Waals surface area (Å²) in [6.07, 6.45) is 0. The molecule has 24 heavy (non-hydrogen) atoms. The van der Waals surface area contributed by atoms with Crippen LogP contribution in [0, 0.1) is 6.92 Å². The largest absolute Gasteiger partial charge is 0.399 e. The van der Waals surface area contributed by atoms with Gasteiger partial charge in [-0.15, -0.1) is 0 Å². The van der Waals surface area contributed by atoms with E-state index < -0.39 is 5.41 Å². The third kappa shape index (κ3) is 3.93. The number of aryl methyl sites for hydroxylation is 1. The molecule has 0 spiro atoms. The lowest BCUT2D eigenvalue weighted by Gasteiger charge is -2.25. The van der Waals surface area contributed by atoms with Crippen LogP contribution in [-0.4, -0.2) is 11.8 Å². The summed E-state index contributed by atoms with van der Waals surface area (Å²) in [7, 11) is 0. The topological polar surface area (TPSA) is 84.2 Å². The molecule has 126 valence electrons. The Hall–Kier alpha value is -2.82. The molecule has 5 heteroatoms. The molecule has 0 aliphatic heterocycles. The van der Waals surface area contributed by atoms with Gasteiger partial charge in [0.2, 0.25) is 11.8 Å². The second-order valence-electron chi connectivity index (χ2n) is 6.41. The molecule has 0 atom stereocenters. The number of carbonyl (C=O) groups excluding carboxylic acids is 2. The molecule has 0 aromatic heterocycles. The highest BCUT2D eigenvalue weighted by atomic mass is 16.2. The fraction of sp³-hybridized carbons (Fsp3) is 0.263. The first kappa shape index (κ1) is 17.5. The molecule has 0 aliphatic rings. The number of nitrogens with two attached hydrogens (primary N) is 1. The summed E-state index contributed by atoms with van der Waals surface area (Å²) in [6, 6.07) is 12.7. The summed E-state index contributed by atoms with van der Waals surface area (Å²) in [5.41, 5.74) is 8.78. The smallest absolute Gasteiger partial charge is 0.234 e. The number of hydrogen-bond acceptors (Lipinski definition) is 3. The number of amides is 2. The Morgan fingerprint density at radius 3 is 2.21 bits per heavy atom. The van der Waals surface area contributed by atoms with E-state index >= 15 is 0 Å². The van der Waals surface area contributed by atoms with Crippen LogP contribution in [0.15, 0.2) is 42.5 Å². The normalized spacial score (nSPS) is 11.0. The van der Waals surface area contributed by atoms with Crippen LogP contribution in [0.3, 0.4) is 0 Å². The second kappa shape index (κ2) is 6.74. The first-order chi connectivity index (χ1) is 11.2. The van der Waals surface area contributed by atoms with E-state index in [1.54, 1.807) is 24.3 Å². The van der Waals surface area contributed by atoms with Crippen molar-refractivity contribution in [2.75, 3.05) is 16.4 Å². The minimum Gasteiger partial charge on any atom is -0.399 e. The van der Waals surface area contributed by atoms with E-state index in [0.29, 0.717) is 17.1 Å². The fourth-order valence-electron chi connectivity index (χ4n) is 2.35. The first-order valence-corrected chi connectivity index (χ1v) is 7.76. The van der Waals surface area contributed by atoms with E-state index in [1.807, 2.05) is 39.0 Å². The molecule has 2 aromatic rings. The van der Waals surface area contributed by atoms with Crippen LogP contribution in [0.1, 0.15) is 31.9 Å². The van der Waals surface area contributed by atoms with Gasteiger partial charge < -0.3 is 16.4 Å². The number of benzene rings is 2. The van der Waals surface area contributed by atoms with E-state index in [0.717, 1.165) is 11.1 Å². The number of carbonyl (C=O) groups is 2. The van der Waals surface area contributed by atoms with Crippen LogP contribution < -0.4 is 16.4 Å². The lowest BCUT2D eigenvalue weighted by atomic mass is 9.83. The van der Waals surface area contributed by atoms with Crippen molar-refractivity contribution in [1.82, 2.24) is 0 Å². The molecule has 0 bridgehead atoms. The molecule has 2 amide bonds. The van der Waals surface area contributed by atoms with E-state index in [2.05, 4.69) is 10.6 Å². The van der Waals surface area contributed by atoms with Gasteiger partial charge in [0.1, 0.15) is 0 Å². The van der Waals surface area contributed by atoms with Crippen molar-refractivity contribution in [3.05, 3.63) is 53.6 Å². The third-order valence-corrected chi connectivity index (χ3v) is 4.01. The van der Waals surface area contributed by atoms with Crippen molar-refractivity contribution in [3.8, 4) is 0 Å². The fourth-order valence-corrected chi connectivity index (χ4v) is 2.35. The quantitative estimate of drug-likeness (QED) is 0.753. The zero-order chi connectivity index (χ0) is 17.9.